The highest BCUT2D eigenvalue weighted by atomic mass is 19.4. The topological polar surface area (TPSA) is 96.0 Å². The van der Waals surface area contributed by atoms with Crippen molar-refractivity contribution in [1.82, 2.24) is 0 Å². The van der Waals surface area contributed by atoms with Crippen LogP contribution in [-0.4, -0.2) is 28.8 Å². The molecule has 0 aliphatic carbocycles. The van der Waals surface area contributed by atoms with Crippen molar-refractivity contribution in [3.05, 3.63) is 33.4 Å². The van der Waals surface area contributed by atoms with Crippen LogP contribution in [0.2, 0.25) is 0 Å². The molecule has 10 heteroatoms. The summed E-state index contributed by atoms with van der Waals surface area (Å²) in [6.45, 7) is 0. The fourth-order valence-electron chi connectivity index (χ4n) is 1.95. The lowest BCUT2D eigenvalue weighted by Crippen LogP contribution is -2.26. The lowest BCUT2D eigenvalue weighted by atomic mass is 10.0. The Hall–Kier alpha value is -2.65. The number of hydrogen-bond acceptors (Lipinski definition) is 5. The standard InChI is InChI=1S/C10H6F3N3O4/c1-15-8-5(7(14-18)9(15)17)2-4(16(19)20)3-6(8)10(11,12)13/h2-3,18H,1H3/b14-7-. The minimum atomic E-state index is -4.89. The number of benzene rings is 1. The first-order valence-electron chi connectivity index (χ1n) is 5.08. The molecular formula is C10H6F3N3O4. The number of anilines is 1. The molecule has 7 nitrogen and oxygen atoms in total. The minimum Gasteiger partial charge on any atom is -0.410 e. The zero-order chi connectivity index (χ0) is 15.2. The molecule has 0 saturated heterocycles. The Labute approximate surface area is 109 Å². The maximum Gasteiger partial charge on any atom is 0.418 e. The van der Waals surface area contributed by atoms with E-state index in [4.69, 9.17) is 5.21 Å². The quantitative estimate of drug-likeness (QED) is 0.484. The number of carbonyl (C=O) groups excluding carboxylic acids is 1. The van der Waals surface area contributed by atoms with Crippen LogP contribution in [0.15, 0.2) is 17.3 Å². The summed E-state index contributed by atoms with van der Waals surface area (Å²) < 4.78 is 38.9. The third kappa shape index (κ3) is 1.85. The van der Waals surface area contributed by atoms with Crippen LogP contribution in [-0.2, 0) is 11.0 Å². The first kappa shape index (κ1) is 13.8. The van der Waals surface area contributed by atoms with Crippen molar-refractivity contribution >= 4 is 23.0 Å². The van der Waals surface area contributed by atoms with Gasteiger partial charge in [-0.05, 0) is 0 Å². The van der Waals surface area contributed by atoms with Crippen LogP contribution in [0.1, 0.15) is 11.1 Å². The smallest absolute Gasteiger partial charge is 0.410 e. The Bertz CT molecular complexity index is 654. The molecule has 0 atom stereocenters. The summed E-state index contributed by atoms with van der Waals surface area (Å²) in [4.78, 5) is 21.9. The summed E-state index contributed by atoms with van der Waals surface area (Å²) in [5.74, 6) is -0.978. The van der Waals surface area contributed by atoms with Crippen LogP contribution in [0.4, 0.5) is 24.5 Å². The largest absolute Gasteiger partial charge is 0.418 e. The Morgan fingerprint density at radius 2 is 2.00 bits per heavy atom. The van der Waals surface area contributed by atoms with Gasteiger partial charge in [0.1, 0.15) is 0 Å². The maximum absolute atomic E-state index is 13.0. The van der Waals surface area contributed by atoms with Crippen molar-refractivity contribution in [2.45, 2.75) is 6.18 Å². The zero-order valence-corrected chi connectivity index (χ0v) is 9.80. The van der Waals surface area contributed by atoms with Gasteiger partial charge in [0.05, 0.1) is 16.2 Å². The Kier molecular flexibility index (Phi) is 2.88. The predicted octanol–water partition coefficient (Wildman–Crippen LogP) is 1.77. The fraction of sp³-hybridized carbons (Fsp3) is 0.200. The molecule has 1 heterocycles. The van der Waals surface area contributed by atoms with Gasteiger partial charge >= 0.3 is 6.18 Å². The van der Waals surface area contributed by atoms with Crippen molar-refractivity contribution in [1.29, 1.82) is 0 Å². The number of hydrogen-bond donors (Lipinski definition) is 1. The summed E-state index contributed by atoms with van der Waals surface area (Å²) in [6, 6.07) is 1.10. The molecule has 1 aromatic carbocycles. The third-order valence-electron chi connectivity index (χ3n) is 2.81. The number of nitro benzene ring substituents is 1. The molecule has 0 aromatic heterocycles. The van der Waals surface area contributed by atoms with E-state index in [-0.39, 0.29) is 0 Å². The molecule has 0 unspecified atom stereocenters. The number of nitro groups is 1. The monoisotopic (exact) mass is 289 g/mol. The Morgan fingerprint density at radius 3 is 2.45 bits per heavy atom. The van der Waals surface area contributed by atoms with Crippen LogP contribution < -0.4 is 4.90 Å². The van der Waals surface area contributed by atoms with E-state index in [0.717, 1.165) is 13.1 Å². The summed E-state index contributed by atoms with van der Waals surface area (Å²) in [7, 11) is 1.06. The molecule has 0 bridgehead atoms. The molecule has 20 heavy (non-hydrogen) atoms. The number of alkyl halides is 3. The van der Waals surface area contributed by atoms with Gasteiger partial charge < -0.3 is 10.1 Å². The van der Waals surface area contributed by atoms with Crippen molar-refractivity contribution in [3.63, 3.8) is 0 Å². The predicted molar refractivity (Wildman–Crippen MR) is 59.8 cm³/mol. The van der Waals surface area contributed by atoms with Gasteiger partial charge in [-0.25, -0.2) is 0 Å². The fourth-order valence-corrected chi connectivity index (χ4v) is 1.95. The number of rotatable bonds is 1. The summed E-state index contributed by atoms with van der Waals surface area (Å²) in [6.07, 6.45) is -4.89. The molecule has 1 amide bonds. The van der Waals surface area contributed by atoms with E-state index < -0.39 is 45.2 Å². The second-order valence-electron chi connectivity index (χ2n) is 3.96. The van der Waals surface area contributed by atoms with Crippen LogP contribution in [0, 0.1) is 10.1 Å². The minimum absolute atomic E-state index is 0.336. The Balaban J connectivity index is 2.86. The van der Waals surface area contributed by atoms with Crippen molar-refractivity contribution in [3.8, 4) is 0 Å². The van der Waals surface area contributed by atoms with E-state index in [9.17, 15) is 28.1 Å². The van der Waals surface area contributed by atoms with E-state index in [1.165, 1.54) is 0 Å². The highest BCUT2D eigenvalue weighted by Gasteiger charge is 2.44. The lowest BCUT2D eigenvalue weighted by Gasteiger charge is -2.16. The van der Waals surface area contributed by atoms with Gasteiger partial charge in [0.2, 0.25) is 0 Å². The number of likely N-dealkylation sites (N-methyl/N-ethyl adjacent to an activating group) is 1. The van der Waals surface area contributed by atoms with Crippen LogP contribution in [0.25, 0.3) is 0 Å². The first-order valence-corrected chi connectivity index (χ1v) is 5.08. The first-order chi connectivity index (χ1) is 9.18. The van der Waals surface area contributed by atoms with Gasteiger partial charge in [-0.3, -0.25) is 14.9 Å². The summed E-state index contributed by atoms with van der Waals surface area (Å²) in [5.41, 5.74) is -3.85. The molecule has 1 aliphatic heterocycles. The van der Waals surface area contributed by atoms with E-state index >= 15 is 0 Å². The number of carbonyl (C=O) groups is 1. The highest BCUT2D eigenvalue weighted by Crippen LogP contribution is 2.43. The molecule has 1 N–H and O–H groups in total. The van der Waals surface area contributed by atoms with Crippen LogP contribution in [0.3, 0.4) is 0 Å². The van der Waals surface area contributed by atoms with Crippen molar-refractivity contribution < 1.29 is 28.1 Å². The summed E-state index contributed by atoms with van der Waals surface area (Å²) >= 11 is 0. The van der Waals surface area contributed by atoms with Gasteiger partial charge in [0.25, 0.3) is 11.6 Å². The third-order valence-corrected chi connectivity index (χ3v) is 2.81. The molecule has 2 rings (SSSR count). The molecule has 0 fully saturated rings. The summed E-state index contributed by atoms with van der Waals surface area (Å²) in [5, 5.41) is 22.0. The van der Waals surface area contributed by atoms with Crippen molar-refractivity contribution in [2.75, 3.05) is 11.9 Å². The number of nitrogens with zero attached hydrogens (tertiary/aromatic N) is 3. The maximum atomic E-state index is 13.0. The van der Waals surface area contributed by atoms with E-state index in [1.54, 1.807) is 0 Å². The average molecular weight is 289 g/mol. The second kappa shape index (κ2) is 4.18. The molecule has 0 saturated carbocycles. The van der Waals surface area contributed by atoms with Crippen LogP contribution in [0.5, 0.6) is 0 Å². The number of halogens is 3. The van der Waals surface area contributed by atoms with Crippen LogP contribution >= 0.6 is 0 Å². The number of non-ortho nitro benzene ring substituents is 1. The lowest BCUT2D eigenvalue weighted by molar-refractivity contribution is -0.385. The van der Waals surface area contributed by atoms with Gasteiger partial charge in [-0.1, -0.05) is 5.16 Å². The van der Waals surface area contributed by atoms with Gasteiger partial charge in [0, 0.05) is 24.7 Å². The number of fused-ring (bicyclic) bond motifs is 1. The normalized spacial score (nSPS) is 16.7. The Morgan fingerprint density at radius 1 is 1.40 bits per heavy atom. The van der Waals surface area contributed by atoms with Crippen molar-refractivity contribution in [2.24, 2.45) is 5.16 Å². The molecule has 0 radical (unpaired) electrons. The van der Waals surface area contributed by atoms with E-state index in [0.29, 0.717) is 11.0 Å². The second-order valence-corrected chi connectivity index (χ2v) is 3.96. The highest BCUT2D eigenvalue weighted by molar-refractivity contribution is 6.54. The average Bonchev–Trinajstić information content (AvgIpc) is 2.59. The van der Waals surface area contributed by atoms with E-state index in [1.807, 2.05) is 0 Å². The van der Waals surface area contributed by atoms with E-state index in [2.05, 4.69) is 5.16 Å². The molecule has 1 aromatic rings. The molecular weight excluding hydrogens is 283 g/mol. The SMILES string of the molecule is CN1C(=O)/C(=N\O)c2cc([N+](=O)[O-])cc(C(F)(F)F)c21. The zero-order valence-electron chi connectivity index (χ0n) is 9.80. The van der Waals surface area contributed by atoms with Gasteiger partial charge in [-0.15, -0.1) is 0 Å². The molecule has 1 aliphatic rings. The molecule has 106 valence electrons. The number of amides is 1. The number of oxime groups is 1. The van der Waals surface area contributed by atoms with Gasteiger partial charge in [0.15, 0.2) is 5.71 Å². The molecule has 0 spiro atoms. The van der Waals surface area contributed by atoms with Gasteiger partial charge in [-0.2, -0.15) is 13.2 Å².